The van der Waals surface area contributed by atoms with E-state index in [9.17, 15) is 9.59 Å². The SMILES string of the molecule is COc1ccc2oc(=O)c(C=O)c(N3CCCC3)c2c1. The van der Waals surface area contributed by atoms with Gasteiger partial charge in [-0.3, -0.25) is 4.79 Å². The van der Waals surface area contributed by atoms with Crippen LogP contribution in [-0.2, 0) is 0 Å². The highest BCUT2D eigenvalue weighted by Crippen LogP contribution is 2.32. The normalized spacial score (nSPS) is 14.8. The largest absolute Gasteiger partial charge is 0.497 e. The minimum atomic E-state index is -0.584. The Labute approximate surface area is 115 Å². The third-order valence-electron chi connectivity index (χ3n) is 3.66. The average Bonchev–Trinajstić information content (AvgIpc) is 2.99. The lowest BCUT2D eigenvalue weighted by molar-refractivity contribution is 0.112. The summed E-state index contributed by atoms with van der Waals surface area (Å²) < 4.78 is 10.4. The van der Waals surface area contributed by atoms with E-state index in [1.165, 1.54) is 0 Å². The summed E-state index contributed by atoms with van der Waals surface area (Å²) >= 11 is 0. The van der Waals surface area contributed by atoms with Gasteiger partial charge in [0.25, 0.3) is 0 Å². The van der Waals surface area contributed by atoms with Gasteiger partial charge in [0.1, 0.15) is 16.9 Å². The molecule has 0 aliphatic carbocycles. The number of nitrogens with zero attached hydrogens (tertiary/aromatic N) is 1. The molecule has 5 heteroatoms. The van der Waals surface area contributed by atoms with Crippen molar-refractivity contribution in [1.82, 2.24) is 0 Å². The maximum atomic E-state index is 11.9. The van der Waals surface area contributed by atoms with Gasteiger partial charge in [0, 0.05) is 18.5 Å². The molecule has 5 nitrogen and oxygen atoms in total. The van der Waals surface area contributed by atoms with Gasteiger partial charge in [0.2, 0.25) is 0 Å². The number of benzene rings is 1. The summed E-state index contributed by atoms with van der Waals surface area (Å²) in [5.41, 5.74) is 0.651. The van der Waals surface area contributed by atoms with Gasteiger partial charge >= 0.3 is 5.63 Å². The maximum absolute atomic E-state index is 11.9. The van der Waals surface area contributed by atoms with Crippen LogP contribution >= 0.6 is 0 Å². The van der Waals surface area contributed by atoms with Crippen molar-refractivity contribution in [3.8, 4) is 5.75 Å². The van der Waals surface area contributed by atoms with Crippen molar-refractivity contribution in [1.29, 1.82) is 0 Å². The van der Waals surface area contributed by atoms with Crippen LogP contribution in [0, 0.1) is 0 Å². The minimum Gasteiger partial charge on any atom is -0.497 e. The standard InChI is InChI=1S/C15H15NO4/c1-19-10-4-5-13-11(8-10)14(16-6-2-3-7-16)12(9-17)15(18)20-13/h4-5,8-9H,2-3,6-7H2,1H3. The van der Waals surface area contributed by atoms with Crippen molar-refractivity contribution in [2.24, 2.45) is 0 Å². The lowest BCUT2D eigenvalue weighted by Crippen LogP contribution is -2.23. The Bertz CT molecular complexity index is 714. The molecule has 0 atom stereocenters. The third kappa shape index (κ3) is 1.95. The van der Waals surface area contributed by atoms with Crippen LogP contribution in [0.2, 0.25) is 0 Å². The van der Waals surface area contributed by atoms with Crippen LogP contribution in [0.5, 0.6) is 5.75 Å². The van der Waals surface area contributed by atoms with Crippen molar-refractivity contribution in [2.75, 3.05) is 25.1 Å². The number of hydrogen-bond acceptors (Lipinski definition) is 5. The second-order valence-electron chi connectivity index (χ2n) is 4.83. The molecule has 1 saturated heterocycles. The van der Waals surface area contributed by atoms with Gasteiger partial charge in [-0.1, -0.05) is 0 Å². The van der Waals surface area contributed by atoms with Crippen LogP contribution in [-0.4, -0.2) is 26.5 Å². The van der Waals surface area contributed by atoms with Crippen LogP contribution in [0.15, 0.2) is 27.4 Å². The second kappa shape index (κ2) is 5.00. The summed E-state index contributed by atoms with van der Waals surface area (Å²) in [5.74, 6) is 0.670. The zero-order chi connectivity index (χ0) is 14.1. The Balaban J connectivity index is 2.35. The van der Waals surface area contributed by atoms with Gasteiger partial charge in [-0.15, -0.1) is 0 Å². The van der Waals surface area contributed by atoms with Crippen molar-refractivity contribution < 1.29 is 13.9 Å². The molecule has 0 amide bonds. The monoisotopic (exact) mass is 273 g/mol. The Morgan fingerprint density at radius 3 is 2.70 bits per heavy atom. The maximum Gasteiger partial charge on any atom is 0.349 e. The molecule has 0 N–H and O–H groups in total. The molecule has 20 heavy (non-hydrogen) atoms. The number of hydrogen-bond donors (Lipinski definition) is 0. The highest BCUT2D eigenvalue weighted by atomic mass is 16.5. The molecule has 0 radical (unpaired) electrons. The van der Waals surface area contributed by atoms with E-state index in [4.69, 9.17) is 9.15 Å². The molecule has 2 heterocycles. The first-order valence-corrected chi connectivity index (χ1v) is 6.59. The molecule has 1 aliphatic rings. The average molecular weight is 273 g/mol. The van der Waals surface area contributed by atoms with Crippen LogP contribution in [0.3, 0.4) is 0 Å². The number of methoxy groups -OCH3 is 1. The summed E-state index contributed by atoms with van der Waals surface area (Å²) in [6, 6.07) is 5.24. The Kier molecular flexibility index (Phi) is 3.18. The number of ether oxygens (including phenoxy) is 1. The predicted octanol–water partition coefficient (Wildman–Crippen LogP) is 2.21. The Morgan fingerprint density at radius 1 is 1.30 bits per heavy atom. The zero-order valence-electron chi connectivity index (χ0n) is 11.2. The van der Waals surface area contributed by atoms with Gasteiger partial charge in [-0.2, -0.15) is 0 Å². The molecule has 0 unspecified atom stereocenters. The van der Waals surface area contributed by atoms with Gasteiger partial charge in [0.15, 0.2) is 6.29 Å². The number of carbonyl (C=O) groups excluding carboxylic acids is 1. The van der Waals surface area contributed by atoms with Gasteiger partial charge < -0.3 is 14.1 Å². The molecule has 0 saturated carbocycles. The number of rotatable bonds is 3. The van der Waals surface area contributed by atoms with Gasteiger partial charge in [-0.05, 0) is 31.0 Å². The molecule has 1 aromatic carbocycles. The number of aldehydes is 1. The first-order valence-electron chi connectivity index (χ1n) is 6.59. The topological polar surface area (TPSA) is 59.8 Å². The minimum absolute atomic E-state index is 0.0904. The smallest absolute Gasteiger partial charge is 0.349 e. The summed E-state index contributed by atoms with van der Waals surface area (Å²) in [4.78, 5) is 25.3. The van der Waals surface area contributed by atoms with E-state index in [-0.39, 0.29) is 5.56 Å². The third-order valence-corrected chi connectivity index (χ3v) is 3.66. The fraction of sp³-hybridized carbons (Fsp3) is 0.333. The quantitative estimate of drug-likeness (QED) is 0.634. The number of anilines is 1. The van der Waals surface area contributed by atoms with E-state index in [2.05, 4.69) is 4.90 Å². The summed E-state index contributed by atoms with van der Waals surface area (Å²) in [6.07, 6.45) is 2.70. The summed E-state index contributed by atoms with van der Waals surface area (Å²) in [6.45, 7) is 1.69. The van der Waals surface area contributed by atoms with E-state index in [1.54, 1.807) is 25.3 Å². The molecule has 104 valence electrons. The Hall–Kier alpha value is -2.30. The molecule has 1 aromatic heterocycles. The molecular formula is C15H15NO4. The summed E-state index contributed by atoms with van der Waals surface area (Å²) in [7, 11) is 1.58. The fourth-order valence-electron chi connectivity index (χ4n) is 2.69. The van der Waals surface area contributed by atoms with Crippen molar-refractivity contribution in [3.63, 3.8) is 0 Å². The van der Waals surface area contributed by atoms with E-state index < -0.39 is 5.63 Å². The molecule has 1 aliphatic heterocycles. The molecule has 0 bridgehead atoms. The molecule has 1 fully saturated rings. The lowest BCUT2D eigenvalue weighted by Gasteiger charge is -2.20. The van der Waals surface area contributed by atoms with E-state index in [0.29, 0.717) is 23.3 Å². The fourth-order valence-corrected chi connectivity index (χ4v) is 2.69. The first kappa shape index (κ1) is 12.7. The Morgan fingerprint density at radius 2 is 2.05 bits per heavy atom. The predicted molar refractivity (Wildman–Crippen MR) is 75.9 cm³/mol. The zero-order valence-corrected chi connectivity index (χ0v) is 11.2. The van der Waals surface area contributed by atoms with E-state index in [0.717, 1.165) is 31.3 Å². The highest BCUT2D eigenvalue weighted by Gasteiger charge is 2.22. The van der Waals surface area contributed by atoms with Gasteiger partial charge in [0.05, 0.1) is 12.8 Å². The summed E-state index contributed by atoms with van der Waals surface area (Å²) in [5, 5.41) is 0.743. The van der Waals surface area contributed by atoms with E-state index >= 15 is 0 Å². The van der Waals surface area contributed by atoms with E-state index in [1.807, 2.05) is 0 Å². The molecule has 0 spiro atoms. The second-order valence-corrected chi connectivity index (χ2v) is 4.83. The molecule has 2 aromatic rings. The van der Waals surface area contributed by atoms with Crippen LogP contribution in [0.4, 0.5) is 5.69 Å². The number of carbonyl (C=O) groups is 1. The molecular weight excluding hydrogens is 258 g/mol. The molecule has 3 rings (SSSR count). The van der Waals surface area contributed by atoms with Crippen molar-refractivity contribution in [2.45, 2.75) is 12.8 Å². The van der Waals surface area contributed by atoms with Crippen molar-refractivity contribution >= 4 is 22.9 Å². The lowest BCUT2D eigenvalue weighted by atomic mass is 10.1. The van der Waals surface area contributed by atoms with Gasteiger partial charge in [-0.25, -0.2) is 4.79 Å². The van der Waals surface area contributed by atoms with Crippen molar-refractivity contribution in [3.05, 3.63) is 34.2 Å². The number of fused-ring (bicyclic) bond motifs is 1. The van der Waals surface area contributed by atoms with Crippen LogP contribution in [0.1, 0.15) is 23.2 Å². The van der Waals surface area contributed by atoms with Crippen LogP contribution in [0.25, 0.3) is 11.0 Å². The first-order chi connectivity index (χ1) is 9.74. The van der Waals surface area contributed by atoms with Crippen LogP contribution < -0.4 is 15.3 Å². The highest BCUT2D eigenvalue weighted by molar-refractivity contribution is 6.00.